The van der Waals surface area contributed by atoms with Crippen molar-refractivity contribution in [3.63, 3.8) is 0 Å². The highest BCUT2D eigenvalue weighted by atomic mass is 16.5. The third-order valence-electron chi connectivity index (χ3n) is 5.25. The molecule has 1 N–H and O–H groups in total. The molecule has 2 fully saturated rings. The number of ether oxygens (including phenoxy) is 1. The summed E-state index contributed by atoms with van der Waals surface area (Å²) < 4.78 is 5.54. The van der Waals surface area contributed by atoms with Crippen molar-refractivity contribution >= 4 is 17.4 Å². The average molecular weight is 366 g/mol. The molecule has 0 saturated carbocycles. The summed E-state index contributed by atoms with van der Waals surface area (Å²) >= 11 is 0. The van der Waals surface area contributed by atoms with Gasteiger partial charge in [0, 0.05) is 51.2 Å². The number of carbonyl (C=O) groups is 1. The Hall–Kier alpha value is -2.60. The minimum absolute atomic E-state index is 0.0848. The zero-order valence-electron chi connectivity index (χ0n) is 15.5. The van der Waals surface area contributed by atoms with Crippen LogP contribution in [0.2, 0.25) is 0 Å². The minimum atomic E-state index is -0.0848. The number of carbonyl (C=O) groups excluding carboxylic acids is 1. The van der Waals surface area contributed by atoms with Crippen molar-refractivity contribution in [2.45, 2.75) is 18.9 Å². The molecule has 27 heavy (non-hydrogen) atoms. The van der Waals surface area contributed by atoms with Crippen LogP contribution < -0.4 is 15.1 Å². The van der Waals surface area contributed by atoms with E-state index in [1.54, 1.807) is 6.20 Å². The highest BCUT2D eigenvalue weighted by Crippen LogP contribution is 2.19. The van der Waals surface area contributed by atoms with E-state index in [0.29, 0.717) is 12.1 Å². The Morgan fingerprint density at radius 2 is 1.85 bits per heavy atom. The van der Waals surface area contributed by atoms with Crippen molar-refractivity contribution in [1.82, 2.24) is 10.3 Å². The van der Waals surface area contributed by atoms with E-state index in [0.717, 1.165) is 51.4 Å². The first-order chi connectivity index (χ1) is 13.3. The highest BCUT2D eigenvalue weighted by molar-refractivity contribution is 5.94. The van der Waals surface area contributed by atoms with Crippen LogP contribution in [0.4, 0.5) is 11.5 Å². The van der Waals surface area contributed by atoms with E-state index in [1.165, 1.54) is 5.69 Å². The van der Waals surface area contributed by atoms with Crippen molar-refractivity contribution in [2.75, 3.05) is 49.1 Å². The van der Waals surface area contributed by atoms with Crippen LogP contribution in [0.1, 0.15) is 23.2 Å². The summed E-state index contributed by atoms with van der Waals surface area (Å²) in [4.78, 5) is 21.4. The molecule has 3 heterocycles. The molecule has 0 radical (unpaired) electrons. The summed E-state index contributed by atoms with van der Waals surface area (Å²) in [6.45, 7) is 5.15. The van der Waals surface area contributed by atoms with Gasteiger partial charge in [-0.1, -0.05) is 18.2 Å². The largest absolute Gasteiger partial charge is 0.376 e. The predicted molar refractivity (Wildman–Crippen MR) is 106 cm³/mol. The van der Waals surface area contributed by atoms with Crippen molar-refractivity contribution in [3.05, 3.63) is 54.2 Å². The van der Waals surface area contributed by atoms with Gasteiger partial charge in [-0.2, -0.15) is 0 Å². The lowest BCUT2D eigenvalue weighted by Crippen LogP contribution is -2.46. The first-order valence-corrected chi connectivity index (χ1v) is 9.70. The molecule has 1 aromatic carbocycles. The van der Waals surface area contributed by atoms with Crippen LogP contribution in [0, 0.1) is 0 Å². The van der Waals surface area contributed by atoms with Gasteiger partial charge in [-0.3, -0.25) is 4.79 Å². The molecule has 1 aromatic heterocycles. The normalized spacial score (nSPS) is 19.9. The number of para-hydroxylation sites is 1. The van der Waals surface area contributed by atoms with Crippen LogP contribution in [0.5, 0.6) is 0 Å². The number of benzene rings is 1. The average Bonchev–Trinajstić information content (AvgIpc) is 3.27. The van der Waals surface area contributed by atoms with Gasteiger partial charge >= 0.3 is 0 Å². The summed E-state index contributed by atoms with van der Waals surface area (Å²) in [6, 6.07) is 14.3. The van der Waals surface area contributed by atoms with Crippen LogP contribution in [-0.2, 0) is 4.74 Å². The lowest BCUT2D eigenvalue weighted by atomic mass is 10.2. The predicted octanol–water partition coefficient (Wildman–Crippen LogP) is 2.32. The fraction of sp³-hybridized carbons (Fsp3) is 0.429. The number of nitrogens with one attached hydrogen (secondary N) is 1. The Balaban J connectivity index is 1.29. The molecule has 0 aliphatic carbocycles. The lowest BCUT2D eigenvalue weighted by molar-refractivity contribution is 0.0857. The maximum absolute atomic E-state index is 12.3. The summed E-state index contributed by atoms with van der Waals surface area (Å²) in [6.07, 6.45) is 3.92. The summed E-state index contributed by atoms with van der Waals surface area (Å²) in [7, 11) is 0. The van der Waals surface area contributed by atoms with Gasteiger partial charge in [0.15, 0.2) is 0 Å². The molecule has 1 amide bonds. The van der Waals surface area contributed by atoms with Gasteiger partial charge in [0.05, 0.1) is 11.7 Å². The summed E-state index contributed by atoms with van der Waals surface area (Å²) in [5.74, 6) is 0.844. The van der Waals surface area contributed by atoms with Crippen LogP contribution >= 0.6 is 0 Å². The molecular weight excluding hydrogens is 340 g/mol. The van der Waals surface area contributed by atoms with Crippen molar-refractivity contribution in [2.24, 2.45) is 0 Å². The van der Waals surface area contributed by atoms with Crippen LogP contribution in [0.25, 0.3) is 0 Å². The molecule has 6 nitrogen and oxygen atoms in total. The number of piperazine rings is 1. The fourth-order valence-corrected chi connectivity index (χ4v) is 3.65. The second-order valence-electron chi connectivity index (χ2n) is 7.06. The van der Waals surface area contributed by atoms with E-state index in [1.807, 2.05) is 18.2 Å². The first-order valence-electron chi connectivity index (χ1n) is 9.70. The van der Waals surface area contributed by atoms with E-state index in [-0.39, 0.29) is 12.0 Å². The van der Waals surface area contributed by atoms with Crippen molar-refractivity contribution in [3.8, 4) is 0 Å². The quantitative estimate of drug-likeness (QED) is 0.880. The molecule has 6 heteroatoms. The second kappa shape index (κ2) is 8.39. The molecule has 1 unspecified atom stereocenters. The maximum atomic E-state index is 12.3. The third-order valence-corrected chi connectivity index (χ3v) is 5.25. The molecule has 2 aliphatic heterocycles. The topological polar surface area (TPSA) is 57.7 Å². The van der Waals surface area contributed by atoms with E-state index in [4.69, 9.17) is 4.74 Å². The summed E-state index contributed by atoms with van der Waals surface area (Å²) in [5, 5.41) is 2.94. The number of hydrogen-bond donors (Lipinski definition) is 1. The number of anilines is 2. The smallest absolute Gasteiger partial charge is 0.252 e. The van der Waals surface area contributed by atoms with E-state index in [2.05, 4.69) is 44.4 Å². The SMILES string of the molecule is O=C(NCC1CCCO1)c1ccc(N2CCN(c3ccccc3)CC2)nc1. The van der Waals surface area contributed by atoms with Gasteiger partial charge in [0.1, 0.15) is 5.82 Å². The Kier molecular flexibility index (Phi) is 5.53. The Morgan fingerprint density at radius 1 is 1.07 bits per heavy atom. The zero-order valence-corrected chi connectivity index (χ0v) is 15.5. The standard InChI is InChI=1S/C21H26N4O2/c26-21(23-16-19-7-4-14-27-19)17-8-9-20(22-15-17)25-12-10-24(11-13-25)18-5-2-1-3-6-18/h1-3,5-6,8-9,15,19H,4,7,10-14,16H2,(H,23,26). The second-order valence-corrected chi connectivity index (χ2v) is 7.06. The number of pyridine rings is 1. The van der Waals surface area contributed by atoms with E-state index >= 15 is 0 Å². The fourth-order valence-electron chi connectivity index (χ4n) is 3.65. The molecular formula is C21H26N4O2. The van der Waals surface area contributed by atoms with Crippen LogP contribution in [0.15, 0.2) is 48.7 Å². The monoisotopic (exact) mass is 366 g/mol. The molecule has 2 aromatic rings. The minimum Gasteiger partial charge on any atom is -0.376 e. The van der Waals surface area contributed by atoms with Crippen LogP contribution in [-0.4, -0.2) is 56.3 Å². The van der Waals surface area contributed by atoms with Gasteiger partial charge in [-0.25, -0.2) is 4.98 Å². The van der Waals surface area contributed by atoms with E-state index in [9.17, 15) is 4.79 Å². The molecule has 142 valence electrons. The molecule has 1 atom stereocenters. The van der Waals surface area contributed by atoms with Crippen molar-refractivity contribution in [1.29, 1.82) is 0 Å². The number of rotatable bonds is 5. The molecule has 0 spiro atoms. The molecule has 4 rings (SSSR count). The Bertz CT molecular complexity index is 737. The zero-order chi connectivity index (χ0) is 18.5. The Labute approximate surface area is 160 Å². The van der Waals surface area contributed by atoms with Crippen molar-refractivity contribution < 1.29 is 9.53 Å². The molecule has 0 bridgehead atoms. The Morgan fingerprint density at radius 3 is 2.52 bits per heavy atom. The number of hydrogen-bond acceptors (Lipinski definition) is 5. The van der Waals surface area contributed by atoms with Gasteiger partial charge in [-0.05, 0) is 37.1 Å². The summed E-state index contributed by atoms with van der Waals surface area (Å²) in [5.41, 5.74) is 1.86. The first kappa shape index (κ1) is 17.8. The van der Waals surface area contributed by atoms with E-state index < -0.39 is 0 Å². The highest BCUT2D eigenvalue weighted by Gasteiger charge is 2.19. The molecule has 2 saturated heterocycles. The third kappa shape index (κ3) is 4.39. The number of amides is 1. The lowest BCUT2D eigenvalue weighted by Gasteiger charge is -2.36. The van der Waals surface area contributed by atoms with Gasteiger partial charge in [-0.15, -0.1) is 0 Å². The number of nitrogens with zero attached hydrogens (tertiary/aromatic N) is 3. The number of aromatic nitrogens is 1. The maximum Gasteiger partial charge on any atom is 0.252 e. The van der Waals surface area contributed by atoms with Gasteiger partial charge in [0.25, 0.3) is 5.91 Å². The van der Waals surface area contributed by atoms with Gasteiger partial charge < -0.3 is 19.9 Å². The van der Waals surface area contributed by atoms with Crippen LogP contribution in [0.3, 0.4) is 0 Å². The molecule has 2 aliphatic rings. The van der Waals surface area contributed by atoms with Gasteiger partial charge in [0.2, 0.25) is 0 Å².